The molecular formula is C21H23N3O3S. The molecule has 0 amide bonds. The minimum Gasteiger partial charge on any atom is -0.508 e. The van der Waals surface area contributed by atoms with Crippen LogP contribution in [-0.2, 0) is 10.0 Å². The second-order valence-electron chi connectivity index (χ2n) is 7.97. The van der Waals surface area contributed by atoms with Crippen molar-refractivity contribution in [2.24, 2.45) is 0 Å². The van der Waals surface area contributed by atoms with Crippen LogP contribution in [0, 0.1) is 0 Å². The van der Waals surface area contributed by atoms with Crippen molar-refractivity contribution in [1.29, 1.82) is 0 Å². The van der Waals surface area contributed by atoms with Crippen molar-refractivity contribution in [2.75, 3.05) is 18.5 Å². The van der Waals surface area contributed by atoms with Crippen molar-refractivity contribution in [3.8, 4) is 5.75 Å². The number of rotatable bonds is 4. The van der Waals surface area contributed by atoms with Crippen molar-refractivity contribution in [1.82, 2.24) is 9.29 Å². The first-order valence-electron chi connectivity index (χ1n) is 9.51. The summed E-state index contributed by atoms with van der Waals surface area (Å²) in [6.45, 7) is 0.475. The summed E-state index contributed by atoms with van der Waals surface area (Å²) in [5.74, 6) is 0.228. The van der Waals surface area contributed by atoms with Gasteiger partial charge in [0.2, 0.25) is 10.0 Å². The van der Waals surface area contributed by atoms with Gasteiger partial charge in [0.1, 0.15) is 5.75 Å². The lowest BCUT2D eigenvalue weighted by atomic mass is 10.1. The molecule has 1 aliphatic carbocycles. The fourth-order valence-electron chi connectivity index (χ4n) is 4.41. The Bertz CT molecular complexity index is 1130. The molecular weight excluding hydrogens is 374 g/mol. The van der Waals surface area contributed by atoms with Gasteiger partial charge in [-0.2, -0.15) is 4.31 Å². The monoisotopic (exact) mass is 397 g/mol. The molecule has 7 heteroatoms. The molecule has 0 unspecified atom stereocenters. The standard InChI is InChI=1S/C21H23N3O3S/c1-23(16-3-5-18(25)6-4-16)17-13-21(9-10-21)24(14-17)28(26,27)19-7-2-15-8-11-22-20(15)12-19/h2-8,11-12,17,22,25H,9-10,13-14H2,1H3/t17-/m0/s1. The van der Waals surface area contributed by atoms with Crippen LogP contribution in [0.2, 0.25) is 0 Å². The molecule has 1 spiro atoms. The summed E-state index contributed by atoms with van der Waals surface area (Å²) in [5, 5.41) is 10.5. The zero-order valence-electron chi connectivity index (χ0n) is 15.7. The second-order valence-corrected chi connectivity index (χ2v) is 9.83. The number of hydrogen-bond donors (Lipinski definition) is 2. The number of aromatic amines is 1. The topological polar surface area (TPSA) is 76.6 Å². The largest absolute Gasteiger partial charge is 0.508 e. The zero-order valence-corrected chi connectivity index (χ0v) is 16.5. The molecule has 2 aliphatic rings. The maximum absolute atomic E-state index is 13.5. The van der Waals surface area contributed by atoms with Gasteiger partial charge in [-0.15, -0.1) is 0 Å². The van der Waals surface area contributed by atoms with Gasteiger partial charge >= 0.3 is 0 Å². The summed E-state index contributed by atoms with van der Waals surface area (Å²) >= 11 is 0. The van der Waals surface area contributed by atoms with Crippen molar-refractivity contribution in [2.45, 2.75) is 35.7 Å². The van der Waals surface area contributed by atoms with Gasteiger partial charge in [0, 0.05) is 42.6 Å². The van der Waals surface area contributed by atoms with Crippen molar-refractivity contribution < 1.29 is 13.5 Å². The lowest BCUT2D eigenvalue weighted by molar-refractivity contribution is 0.371. The summed E-state index contributed by atoms with van der Waals surface area (Å²) in [6, 6.07) is 14.4. The number of nitrogens with zero attached hydrogens (tertiary/aromatic N) is 2. The maximum atomic E-state index is 13.5. The third-order valence-corrected chi connectivity index (χ3v) is 8.23. The zero-order chi connectivity index (χ0) is 19.5. The molecule has 6 nitrogen and oxygen atoms in total. The number of phenols is 1. The number of fused-ring (bicyclic) bond motifs is 1. The number of sulfonamides is 1. The molecule has 146 valence electrons. The van der Waals surface area contributed by atoms with Gasteiger partial charge < -0.3 is 15.0 Å². The number of aromatic nitrogens is 1. The molecule has 1 atom stereocenters. The molecule has 3 aromatic rings. The molecule has 0 bridgehead atoms. The van der Waals surface area contributed by atoms with Crippen LogP contribution in [0.15, 0.2) is 59.6 Å². The van der Waals surface area contributed by atoms with Crippen molar-refractivity contribution in [3.63, 3.8) is 0 Å². The Morgan fingerprint density at radius 3 is 2.61 bits per heavy atom. The number of hydrogen-bond acceptors (Lipinski definition) is 4. The molecule has 5 rings (SSSR count). The first-order valence-corrected chi connectivity index (χ1v) is 10.9. The van der Waals surface area contributed by atoms with Crippen LogP contribution in [0.4, 0.5) is 5.69 Å². The number of benzene rings is 2. The molecule has 1 aromatic heterocycles. The van der Waals surface area contributed by atoms with Crippen molar-refractivity contribution in [3.05, 3.63) is 54.7 Å². The highest BCUT2D eigenvalue weighted by molar-refractivity contribution is 7.89. The highest BCUT2D eigenvalue weighted by Crippen LogP contribution is 2.53. The average molecular weight is 398 g/mol. The molecule has 2 heterocycles. The van der Waals surface area contributed by atoms with E-state index in [9.17, 15) is 13.5 Å². The third kappa shape index (κ3) is 2.69. The molecule has 28 heavy (non-hydrogen) atoms. The van der Waals surface area contributed by atoms with Crippen LogP contribution in [0.3, 0.4) is 0 Å². The molecule has 0 radical (unpaired) electrons. The Hall–Kier alpha value is -2.51. The molecule has 1 saturated heterocycles. The van der Waals surface area contributed by atoms with Crippen LogP contribution < -0.4 is 4.90 Å². The molecule has 1 aliphatic heterocycles. The lowest BCUT2D eigenvalue weighted by Gasteiger charge is -2.27. The van der Waals surface area contributed by atoms with E-state index in [1.165, 1.54) is 0 Å². The van der Waals surface area contributed by atoms with Crippen molar-refractivity contribution >= 4 is 26.6 Å². The van der Waals surface area contributed by atoms with Crippen LogP contribution in [-0.4, -0.2) is 48.0 Å². The van der Waals surface area contributed by atoms with Crippen LogP contribution >= 0.6 is 0 Å². The summed E-state index contributed by atoms with van der Waals surface area (Å²) in [7, 11) is -1.57. The normalized spacial score (nSPS) is 21.4. The van der Waals surface area contributed by atoms with E-state index in [2.05, 4.69) is 9.88 Å². The summed E-state index contributed by atoms with van der Waals surface area (Å²) in [5.41, 5.74) is 1.56. The number of H-pyrrole nitrogens is 1. The fourth-order valence-corrected chi connectivity index (χ4v) is 6.31. The van der Waals surface area contributed by atoms with Gasteiger partial charge in [-0.25, -0.2) is 8.42 Å². The predicted molar refractivity (Wildman–Crippen MR) is 109 cm³/mol. The summed E-state index contributed by atoms with van der Waals surface area (Å²) < 4.78 is 28.7. The van der Waals surface area contributed by atoms with Gasteiger partial charge in [0.05, 0.1) is 4.90 Å². The second kappa shape index (κ2) is 5.99. The van der Waals surface area contributed by atoms with Gasteiger partial charge in [0.15, 0.2) is 0 Å². The summed E-state index contributed by atoms with van der Waals surface area (Å²) in [6.07, 6.45) is 4.48. The van der Waals surface area contributed by atoms with Gasteiger partial charge in [-0.1, -0.05) is 6.07 Å². The van der Waals surface area contributed by atoms with E-state index in [0.717, 1.165) is 35.9 Å². The first kappa shape index (κ1) is 17.6. The van der Waals surface area contributed by atoms with Gasteiger partial charge in [-0.3, -0.25) is 0 Å². The summed E-state index contributed by atoms with van der Waals surface area (Å²) in [4.78, 5) is 5.58. The smallest absolute Gasteiger partial charge is 0.243 e. The first-order chi connectivity index (χ1) is 13.4. The van der Waals surface area contributed by atoms with E-state index in [-0.39, 0.29) is 17.3 Å². The number of phenolic OH excluding ortho intramolecular Hbond substituents is 1. The van der Waals surface area contributed by atoms with E-state index in [4.69, 9.17) is 0 Å². The Morgan fingerprint density at radius 1 is 1.14 bits per heavy atom. The number of likely N-dealkylation sites (N-methyl/N-ethyl adjacent to an activating group) is 1. The highest BCUT2D eigenvalue weighted by Gasteiger charge is 2.59. The highest BCUT2D eigenvalue weighted by atomic mass is 32.2. The molecule has 2 N–H and O–H groups in total. The number of aromatic hydroxyl groups is 1. The Kier molecular flexibility index (Phi) is 3.76. The Labute approximate surface area is 164 Å². The SMILES string of the molecule is CN(c1ccc(O)cc1)[C@@H]1CN(S(=O)(=O)c2ccc3cc[nH]c3c2)C2(CC2)C1. The van der Waals surface area contributed by atoms with E-state index < -0.39 is 10.0 Å². The average Bonchev–Trinajstić information content (AvgIpc) is 3.13. The minimum atomic E-state index is -3.56. The molecule has 1 saturated carbocycles. The van der Waals surface area contributed by atoms with Gasteiger partial charge in [0.25, 0.3) is 0 Å². The fraction of sp³-hybridized carbons (Fsp3) is 0.333. The van der Waals surface area contributed by atoms with Crippen LogP contribution in [0.1, 0.15) is 19.3 Å². The predicted octanol–water partition coefficient (Wildman–Crippen LogP) is 3.31. The van der Waals surface area contributed by atoms with Crippen LogP contribution in [0.25, 0.3) is 10.9 Å². The lowest BCUT2D eigenvalue weighted by Crippen LogP contribution is -2.39. The Morgan fingerprint density at radius 2 is 1.89 bits per heavy atom. The van der Waals surface area contributed by atoms with E-state index in [1.54, 1.807) is 28.6 Å². The van der Waals surface area contributed by atoms with E-state index in [0.29, 0.717) is 11.4 Å². The van der Waals surface area contributed by atoms with E-state index in [1.807, 2.05) is 37.5 Å². The molecule has 2 fully saturated rings. The number of anilines is 1. The number of nitrogens with one attached hydrogen (secondary N) is 1. The molecule has 2 aromatic carbocycles. The van der Waals surface area contributed by atoms with E-state index >= 15 is 0 Å². The quantitative estimate of drug-likeness (QED) is 0.708. The third-order valence-electron chi connectivity index (χ3n) is 6.27. The van der Waals surface area contributed by atoms with Gasteiger partial charge in [-0.05, 0) is 67.1 Å². The minimum absolute atomic E-state index is 0.107. The maximum Gasteiger partial charge on any atom is 0.243 e. The van der Waals surface area contributed by atoms with Crippen LogP contribution in [0.5, 0.6) is 5.75 Å². The Balaban J connectivity index is 1.45.